The van der Waals surface area contributed by atoms with Crippen molar-refractivity contribution >= 4 is 16.6 Å². The molecular weight excluding hydrogens is 259 g/mol. The Kier molecular flexibility index (Phi) is 2.90. The van der Waals surface area contributed by atoms with Crippen LogP contribution in [0.4, 0.5) is 10.1 Å². The van der Waals surface area contributed by atoms with Gasteiger partial charge in [-0.1, -0.05) is 17.3 Å². The third kappa shape index (κ3) is 2.11. The molecule has 2 N–H and O–H groups in total. The van der Waals surface area contributed by atoms with Crippen LogP contribution in [0.3, 0.4) is 0 Å². The Morgan fingerprint density at radius 3 is 2.85 bits per heavy atom. The van der Waals surface area contributed by atoms with Crippen LogP contribution in [0.1, 0.15) is 5.56 Å². The van der Waals surface area contributed by atoms with Gasteiger partial charge in [0.15, 0.2) is 0 Å². The molecule has 2 aromatic carbocycles. The molecule has 0 aliphatic rings. The molecule has 1 aromatic heterocycles. The molecule has 20 heavy (non-hydrogen) atoms. The van der Waals surface area contributed by atoms with Gasteiger partial charge < -0.3 is 5.73 Å². The fourth-order valence-corrected chi connectivity index (χ4v) is 2.00. The van der Waals surface area contributed by atoms with Crippen LogP contribution < -0.4 is 11.3 Å². The molecule has 100 valence electrons. The molecule has 6 heteroatoms. The lowest BCUT2D eigenvalue weighted by Crippen LogP contribution is -2.25. The maximum atomic E-state index is 13.2. The van der Waals surface area contributed by atoms with Crippen molar-refractivity contribution in [2.45, 2.75) is 6.54 Å². The summed E-state index contributed by atoms with van der Waals surface area (Å²) in [6, 6.07) is 11.0. The SMILES string of the molecule is Nc1ccc(F)cc1Cn1nnc2ccccc2c1=O. The van der Waals surface area contributed by atoms with Gasteiger partial charge in [0, 0.05) is 5.69 Å². The number of nitrogen functional groups attached to an aromatic ring is 1. The average Bonchev–Trinajstić information content (AvgIpc) is 2.46. The van der Waals surface area contributed by atoms with E-state index in [-0.39, 0.29) is 12.1 Å². The summed E-state index contributed by atoms with van der Waals surface area (Å²) in [7, 11) is 0. The Morgan fingerprint density at radius 1 is 1.20 bits per heavy atom. The van der Waals surface area contributed by atoms with Gasteiger partial charge in [0.2, 0.25) is 0 Å². The number of benzene rings is 2. The quantitative estimate of drug-likeness (QED) is 0.717. The lowest BCUT2D eigenvalue weighted by atomic mass is 10.2. The van der Waals surface area contributed by atoms with Crippen molar-refractivity contribution in [2.75, 3.05) is 5.73 Å². The maximum absolute atomic E-state index is 13.2. The van der Waals surface area contributed by atoms with Crippen LogP contribution in [-0.4, -0.2) is 15.0 Å². The minimum atomic E-state index is -0.406. The van der Waals surface area contributed by atoms with E-state index in [1.807, 2.05) is 0 Å². The van der Waals surface area contributed by atoms with Crippen LogP contribution in [0.15, 0.2) is 47.3 Å². The maximum Gasteiger partial charge on any atom is 0.277 e. The number of hydrogen-bond donors (Lipinski definition) is 1. The second-order valence-electron chi connectivity index (χ2n) is 4.41. The minimum Gasteiger partial charge on any atom is -0.398 e. The van der Waals surface area contributed by atoms with Crippen LogP contribution in [0.2, 0.25) is 0 Å². The van der Waals surface area contributed by atoms with Gasteiger partial charge in [0.1, 0.15) is 11.3 Å². The third-order valence-electron chi connectivity index (χ3n) is 3.05. The van der Waals surface area contributed by atoms with Crippen molar-refractivity contribution in [1.29, 1.82) is 0 Å². The second-order valence-corrected chi connectivity index (χ2v) is 4.41. The van der Waals surface area contributed by atoms with Crippen molar-refractivity contribution in [3.05, 3.63) is 64.2 Å². The van der Waals surface area contributed by atoms with Crippen molar-refractivity contribution in [3.8, 4) is 0 Å². The second kappa shape index (κ2) is 4.73. The minimum absolute atomic E-state index is 0.0836. The van der Waals surface area contributed by atoms with Gasteiger partial charge in [-0.3, -0.25) is 4.79 Å². The summed E-state index contributed by atoms with van der Waals surface area (Å²) in [5.74, 6) is -0.406. The van der Waals surface area contributed by atoms with Crippen molar-refractivity contribution in [3.63, 3.8) is 0 Å². The summed E-state index contributed by atoms with van der Waals surface area (Å²) in [6.45, 7) is 0.0836. The van der Waals surface area contributed by atoms with Crippen LogP contribution in [0.5, 0.6) is 0 Å². The number of anilines is 1. The van der Waals surface area contributed by atoms with Gasteiger partial charge in [0.05, 0.1) is 11.9 Å². The summed E-state index contributed by atoms with van der Waals surface area (Å²) >= 11 is 0. The fourth-order valence-electron chi connectivity index (χ4n) is 2.00. The van der Waals surface area contributed by atoms with Crippen LogP contribution in [-0.2, 0) is 6.54 Å². The Bertz CT molecular complexity index is 844. The normalized spacial score (nSPS) is 10.8. The molecule has 0 unspecified atom stereocenters. The van der Waals surface area contributed by atoms with Gasteiger partial charge in [-0.05, 0) is 35.9 Å². The highest BCUT2D eigenvalue weighted by molar-refractivity contribution is 5.76. The van der Waals surface area contributed by atoms with Gasteiger partial charge >= 0.3 is 0 Å². The van der Waals surface area contributed by atoms with E-state index in [4.69, 9.17) is 5.73 Å². The molecule has 5 nitrogen and oxygen atoms in total. The summed E-state index contributed by atoms with van der Waals surface area (Å²) in [4.78, 5) is 12.3. The number of nitrogens with zero attached hydrogens (tertiary/aromatic N) is 3. The highest BCUT2D eigenvalue weighted by Gasteiger charge is 2.08. The summed E-state index contributed by atoms with van der Waals surface area (Å²) < 4.78 is 14.4. The Morgan fingerprint density at radius 2 is 2.00 bits per heavy atom. The van der Waals surface area contributed by atoms with Crippen LogP contribution in [0.25, 0.3) is 10.9 Å². The number of rotatable bonds is 2. The molecule has 0 spiro atoms. The molecule has 0 aliphatic heterocycles. The van der Waals surface area contributed by atoms with E-state index in [2.05, 4.69) is 10.3 Å². The van der Waals surface area contributed by atoms with E-state index in [1.54, 1.807) is 24.3 Å². The molecule has 0 saturated carbocycles. The predicted octanol–water partition coefficient (Wildman–Crippen LogP) is 1.56. The largest absolute Gasteiger partial charge is 0.398 e. The zero-order valence-corrected chi connectivity index (χ0v) is 10.5. The number of hydrogen-bond acceptors (Lipinski definition) is 4. The molecule has 3 aromatic rings. The summed E-state index contributed by atoms with van der Waals surface area (Å²) in [6.07, 6.45) is 0. The summed E-state index contributed by atoms with van der Waals surface area (Å²) in [5, 5.41) is 8.29. The van der Waals surface area contributed by atoms with Gasteiger partial charge in [-0.2, -0.15) is 0 Å². The Labute approximate surface area is 113 Å². The standard InChI is InChI=1S/C14H11FN4O/c15-10-5-6-12(16)9(7-10)8-19-14(20)11-3-1-2-4-13(11)17-18-19/h1-7H,8,16H2. The first-order valence-corrected chi connectivity index (χ1v) is 6.01. The molecule has 1 heterocycles. The first kappa shape index (κ1) is 12.3. The van der Waals surface area contributed by atoms with Gasteiger partial charge in [0.25, 0.3) is 5.56 Å². The number of fused-ring (bicyclic) bond motifs is 1. The molecule has 3 rings (SSSR count). The van der Waals surface area contributed by atoms with E-state index in [9.17, 15) is 9.18 Å². The fraction of sp³-hybridized carbons (Fsp3) is 0.0714. The van der Waals surface area contributed by atoms with E-state index in [1.165, 1.54) is 22.9 Å². The smallest absolute Gasteiger partial charge is 0.277 e. The molecular formula is C14H11FN4O. The van der Waals surface area contributed by atoms with Crippen LogP contribution >= 0.6 is 0 Å². The zero-order chi connectivity index (χ0) is 14.1. The first-order chi connectivity index (χ1) is 9.65. The number of nitrogens with two attached hydrogens (primary N) is 1. The highest BCUT2D eigenvalue weighted by Crippen LogP contribution is 2.14. The van der Waals surface area contributed by atoms with Gasteiger partial charge in [-0.25, -0.2) is 9.07 Å². The monoisotopic (exact) mass is 270 g/mol. The molecule has 0 amide bonds. The van der Waals surface area contributed by atoms with E-state index < -0.39 is 5.82 Å². The van der Waals surface area contributed by atoms with Crippen LogP contribution in [0, 0.1) is 5.82 Å². The Hall–Kier alpha value is -2.76. The molecule has 0 atom stereocenters. The Balaban J connectivity index is 2.09. The number of halogens is 1. The van der Waals surface area contributed by atoms with Crippen molar-refractivity contribution < 1.29 is 4.39 Å². The van der Waals surface area contributed by atoms with Gasteiger partial charge in [-0.15, -0.1) is 5.10 Å². The molecule has 0 fully saturated rings. The van der Waals surface area contributed by atoms with E-state index in [0.29, 0.717) is 22.2 Å². The third-order valence-corrected chi connectivity index (χ3v) is 3.05. The summed E-state index contributed by atoms with van der Waals surface area (Å²) in [5.41, 5.74) is 6.93. The average molecular weight is 270 g/mol. The predicted molar refractivity (Wildman–Crippen MR) is 73.7 cm³/mol. The lowest BCUT2D eigenvalue weighted by molar-refractivity contribution is 0.591. The first-order valence-electron chi connectivity index (χ1n) is 6.01. The highest BCUT2D eigenvalue weighted by atomic mass is 19.1. The van der Waals surface area contributed by atoms with E-state index in [0.717, 1.165) is 0 Å². The topological polar surface area (TPSA) is 73.8 Å². The zero-order valence-electron chi connectivity index (χ0n) is 10.5. The van der Waals surface area contributed by atoms with Crippen molar-refractivity contribution in [2.24, 2.45) is 0 Å². The molecule has 0 saturated heterocycles. The lowest BCUT2D eigenvalue weighted by Gasteiger charge is -2.07. The molecule has 0 aliphatic carbocycles. The van der Waals surface area contributed by atoms with E-state index >= 15 is 0 Å². The number of aromatic nitrogens is 3. The molecule has 0 radical (unpaired) electrons. The van der Waals surface area contributed by atoms with Crippen molar-refractivity contribution in [1.82, 2.24) is 15.0 Å². The molecule has 0 bridgehead atoms.